The normalized spacial score (nSPS) is 20.8. The fourth-order valence-electron chi connectivity index (χ4n) is 2.34. The highest BCUT2D eigenvalue weighted by atomic mass is 79.9. The lowest BCUT2D eigenvalue weighted by atomic mass is 10.0. The topological polar surface area (TPSA) is 74.7 Å². The molecule has 5 nitrogen and oxygen atoms in total. The number of benzene rings is 1. The summed E-state index contributed by atoms with van der Waals surface area (Å²) < 4.78 is 26.9. The average Bonchev–Trinajstić information content (AvgIpc) is 2.38. The first-order valence-corrected chi connectivity index (χ1v) is 8.58. The molecular weight excluding hydrogens is 346 g/mol. The van der Waals surface area contributed by atoms with Gasteiger partial charge in [0.25, 0.3) is 0 Å². The number of piperidine rings is 1. The minimum atomic E-state index is -3.62. The van der Waals surface area contributed by atoms with Gasteiger partial charge < -0.3 is 5.11 Å². The van der Waals surface area contributed by atoms with Crippen LogP contribution in [0, 0.1) is 5.92 Å². The summed E-state index contributed by atoms with van der Waals surface area (Å²) in [5.74, 6) is -0.825. The second-order valence-electron chi connectivity index (χ2n) is 5.06. The summed E-state index contributed by atoms with van der Waals surface area (Å²) in [6.07, 6.45) is 1.86. The average molecular weight is 362 g/mol. The van der Waals surface area contributed by atoms with Crippen LogP contribution in [-0.2, 0) is 10.0 Å². The number of halogens is 1. The van der Waals surface area contributed by atoms with E-state index in [-0.39, 0.29) is 10.5 Å². The SMILES string of the molecule is CC1CCCN(S(=O)(=O)c2ccc(Br)c(C(=O)O)c2)C1. The molecule has 0 aliphatic carbocycles. The van der Waals surface area contributed by atoms with E-state index >= 15 is 0 Å². The van der Waals surface area contributed by atoms with Crippen LogP contribution in [0.1, 0.15) is 30.1 Å². The number of hydrogen-bond acceptors (Lipinski definition) is 3. The number of aromatic carboxylic acids is 1. The summed E-state index contributed by atoms with van der Waals surface area (Å²) in [4.78, 5) is 11.1. The van der Waals surface area contributed by atoms with Crippen molar-refractivity contribution in [2.24, 2.45) is 5.92 Å². The van der Waals surface area contributed by atoms with Crippen molar-refractivity contribution in [1.29, 1.82) is 0 Å². The van der Waals surface area contributed by atoms with Crippen LogP contribution in [-0.4, -0.2) is 36.9 Å². The lowest BCUT2D eigenvalue weighted by Gasteiger charge is -2.30. The van der Waals surface area contributed by atoms with Crippen LogP contribution in [0.25, 0.3) is 0 Å². The summed E-state index contributed by atoms with van der Waals surface area (Å²) in [5.41, 5.74) is -0.0452. The van der Waals surface area contributed by atoms with Gasteiger partial charge in [0.1, 0.15) is 0 Å². The lowest BCUT2D eigenvalue weighted by molar-refractivity contribution is 0.0695. The maximum atomic E-state index is 12.5. The minimum absolute atomic E-state index is 0.0344. The van der Waals surface area contributed by atoms with Gasteiger partial charge in [0.2, 0.25) is 10.0 Å². The Morgan fingerprint density at radius 3 is 2.75 bits per heavy atom. The third-order valence-corrected chi connectivity index (χ3v) is 5.98. The van der Waals surface area contributed by atoms with Crippen molar-refractivity contribution in [2.75, 3.05) is 13.1 Å². The standard InChI is InChI=1S/C13H16BrNO4S/c1-9-3-2-6-15(8-9)20(18,19)10-4-5-12(14)11(7-10)13(16)17/h4-5,7,9H,2-3,6,8H2,1H3,(H,16,17). The summed E-state index contributed by atoms with van der Waals surface area (Å²) >= 11 is 3.11. The summed E-state index contributed by atoms with van der Waals surface area (Å²) in [7, 11) is -3.62. The van der Waals surface area contributed by atoms with Crippen LogP contribution in [0.5, 0.6) is 0 Å². The van der Waals surface area contributed by atoms with Crippen LogP contribution >= 0.6 is 15.9 Å². The van der Waals surface area contributed by atoms with E-state index in [1.807, 2.05) is 6.92 Å². The highest BCUT2D eigenvalue weighted by molar-refractivity contribution is 9.10. The Labute approximate surface area is 126 Å². The highest BCUT2D eigenvalue weighted by Gasteiger charge is 2.29. The molecule has 0 spiro atoms. The molecule has 2 rings (SSSR count). The van der Waals surface area contributed by atoms with Gasteiger partial charge in [0.05, 0.1) is 10.5 Å². The van der Waals surface area contributed by atoms with Gasteiger partial charge in [-0.1, -0.05) is 6.92 Å². The molecule has 0 aromatic heterocycles. The Morgan fingerprint density at radius 2 is 2.15 bits per heavy atom. The first kappa shape index (κ1) is 15.5. The van der Waals surface area contributed by atoms with Crippen molar-refractivity contribution < 1.29 is 18.3 Å². The zero-order chi connectivity index (χ0) is 14.9. The largest absolute Gasteiger partial charge is 0.478 e. The second kappa shape index (κ2) is 5.83. The quantitative estimate of drug-likeness (QED) is 0.897. The fourth-order valence-corrected chi connectivity index (χ4v) is 4.38. The number of hydrogen-bond donors (Lipinski definition) is 1. The summed E-state index contributed by atoms with van der Waals surface area (Å²) in [6, 6.07) is 4.11. The Kier molecular flexibility index (Phi) is 4.51. The number of sulfonamides is 1. The molecule has 1 aromatic carbocycles. The summed E-state index contributed by atoms with van der Waals surface area (Å²) in [6.45, 7) is 3.00. The molecule has 1 heterocycles. The fraction of sp³-hybridized carbons (Fsp3) is 0.462. The van der Waals surface area contributed by atoms with E-state index in [2.05, 4.69) is 15.9 Å². The summed E-state index contributed by atoms with van der Waals surface area (Å²) in [5, 5.41) is 9.07. The smallest absolute Gasteiger partial charge is 0.336 e. The number of rotatable bonds is 3. The molecule has 1 aliphatic rings. The Bertz CT molecular complexity index is 629. The van der Waals surface area contributed by atoms with Crippen LogP contribution in [0.3, 0.4) is 0 Å². The van der Waals surface area contributed by atoms with Crippen molar-refractivity contribution in [3.05, 3.63) is 28.2 Å². The maximum absolute atomic E-state index is 12.5. The van der Waals surface area contributed by atoms with Crippen molar-refractivity contribution in [3.8, 4) is 0 Å². The van der Waals surface area contributed by atoms with Gasteiger partial charge >= 0.3 is 5.97 Å². The van der Waals surface area contributed by atoms with Gasteiger partial charge in [-0.25, -0.2) is 13.2 Å². The maximum Gasteiger partial charge on any atom is 0.336 e. The zero-order valence-electron chi connectivity index (χ0n) is 11.0. The van der Waals surface area contributed by atoms with Crippen LogP contribution < -0.4 is 0 Å². The van der Waals surface area contributed by atoms with Gasteiger partial charge in [0, 0.05) is 17.6 Å². The lowest BCUT2D eigenvalue weighted by Crippen LogP contribution is -2.39. The molecular formula is C13H16BrNO4S. The molecule has 20 heavy (non-hydrogen) atoms. The molecule has 1 fully saturated rings. The monoisotopic (exact) mass is 361 g/mol. The predicted octanol–water partition coefficient (Wildman–Crippen LogP) is 2.57. The molecule has 1 unspecified atom stereocenters. The predicted molar refractivity (Wildman–Crippen MR) is 78.3 cm³/mol. The Hall–Kier alpha value is -0.920. The molecule has 0 radical (unpaired) electrons. The molecule has 1 atom stereocenters. The number of nitrogens with zero attached hydrogens (tertiary/aromatic N) is 1. The molecule has 110 valence electrons. The molecule has 0 amide bonds. The Balaban J connectivity index is 2.39. The zero-order valence-corrected chi connectivity index (χ0v) is 13.4. The first-order chi connectivity index (χ1) is 9.32. The first-order valence-electron chi connectivity index (χ1n) is 6.35. The van der Waals surface area contributed by atoms with E-state index in [1.54, 1.807) is 0 Å². The van der Waals surface area contributed by atoms with Crippen LogP contribution in [0.2, 0.25) is 0 Å². The van der Waals surface area contributed by atoms with Gasteiger partial charge in [-0.15, -0.1) is 0 Å². The van der Waals surface area contributed by atoms with Gasteiger partial charge in [-0.2, -0.15) is 4.31 Å². The van der Waals surface area contributed by atoms with E-state index in [4.69, 9.17) is 5.11 Å². The van der Waals surface area contributed by atoms with Crippen molar-refractivity contribution in [2.45, 2.75) is 24.7 Å². The van der Waals surface area contributed by atoms with Crippen LogP contribution in [0.4, 0.5) is 0 Å². The molecule has 7 heteroatoms. The van der Waals surface area contributed by atoms with E-state index in [0.29, 0.717) is 23.5 Å². The van der Waals surface area contributed by atoms with Gasteiger partial charge in [-0.3, -0.25) is 0 Å². The molecule has 0 bridgehead atoms. The van der Waals surface area contributed by atoms with E-state index in [9.17, 15) is 13.2 Å². The van der Waals surface area contributed by atoms with Crippen molar-refractivity contribution >= 4 is 31.9 Å². The molecule has 1 saturated heterocycles. The van der Waals surface area contributed by atoms with Gasteiger partial charge in [0.15, 0.2) is 0 Å². The number of carboxylic acids is 1. The second-order valence-corrected chi connectivity index (χ2v) is 7.85. The van der Waals surface area contributed by atoms with Crippen molar-refractivity contribution in [1.82, 2.24) is 4.31 Å². The number of carboxylic acid groups (broad SMARTS) is 1. The Morgan fingerprint density at radius 1 is 1.45 bits per heavy atom. The van der Waals surface area contributed by atoms with E-state index in [0.717, 1.165) is 12.8 Å². The molecule has 1 aliphatic heterocycles. The molecule has 1 N–H and O–H groups in total. The van der Waals surface area contributed by atoms with Crippen LogP contribution in [0.15, 0.2) is 27.6 Å². The number of carbonyl (C=O) groups is 1. The van der Waals surface area contributed by atoms with E-state index < -0.39 is 16.0 Å². The van der Waals surface area contributed by atoms with Crippen molar-refractivity contribution in [3.63, 3.8) is 0 Å². The van der Waals surface area contributed by atoms with E-state index in [1.165, 1.54) is 22.5 Å². The minimum Gasteiger partial charge on any atom is -0.478 e. The third kappa shape index (κ3) is 3.05. The molecule has 0 saturated carbocycles. The third-order valence-electron chi connectivity index (χ3n) is 3.43. The molecule has 1 aromatic rings. The van der Waals surface area contributed by atoms with Gasteiger partial charge in [-0.05, 0) is 52.9 Å². The highest BCUT2D eigenvalue weighted by Crippen LogP contribution is 2.26.